The van der Waals surface area contributed by atoms with Gasteiger partial charge in [-0.2, -0.15) is 0 Å². The molecule has 0 amide bonds. The zero-order chi connectivity index (χ0) is 12.4. The summed E-state index contributed by atoms with van der Waals surface area (Å²) in [5, 5.41) is 3.25. The van der Waals surface area contributed by atoms with Crippen LogP contribution in [0.2, 0.25) is 0 Å². The number of hydrogen-bond acceptors (Lipinski definition) is 6. The summed E-state index contributed by atoms with van der Waals surface area (Å²) >= 11 is 0. The van der Waals surface area contributed by atoms with Crippen molar-refractivity contribution in [3.63, 3.8) is 0 Å². The maximum Gasteiger partial charge on any atom is 0.131 e. The van der Waals surface area contributed by atoms with Crippen LogP contribution in [0.4, 0.5) is 11.6 Å². The highest BCUT2D eigenvalue weighted by atomic mass is 16.5. The molecule has 1 aromatic heterocycles. The van der Waals surface area contributed by atoms with Crippen LogP contribution < -0.4 is 11.1 Å². The van der Waals surface area contributed by atoms with Crippen molar-refractivity contribution in [1.29, 1.82) is 0 Å². The van der Waals surface area contributed by atoms with E-state index in [1.807, 2.05) is 0 Å². The van der Waals surface area contributed by atoms with Gasteiger partial charge in [-0.25, -0.2) is 9.97 Å². The second-order valence-corrected chi connectivity index (χ2v) is 4.96. The summed E-state index contributed by atoms with van der Waals surface area (Å²) in [4.78, 5) is 10.5. The molecule has 3 rings (SSSR count). The molecule has 18 heavy (non-hydrogen) atoms. The average molecular weight is 249 g/mol. The molecule has 6 heteroatoms. The lowest BCUT2D eigenvalue weighted by atomic mass is 10.2. The highest BCUT2D eigenvalue weighted by Crippen LogP contribution is 2.22. The van der Waals surface area contributed by atoms with Crippen molar-refractivity contribution in [3.8, 4) is 0 Å². The smallest absolute Gasteiger partial charge is 0.131 e. The summed E-state index contributed by atoms with van der Waals surface area (Å²) < 4.78 is 5.87. The summed E-state index contributed by atoms with van der Waals surface area (Å²) in [7, 11) is 0. The molecule has 0 radical (unpaired) electrons. The first-order chi connectivity index (χ1) is 8.81. The number of aromatic nitrogens is 2. The summed E-state index contributed by atoms with van der Waals surface area (Å²) in [6.45, 7) is 3.85. The minimum atomic E-state index is 0.232. The van der Waals surface area contributed by atoms with E-state index >= 15 is 0 Å². The minimum absolute atomic E-state index is 0.232. The molecule has 2 aliphatic rings. The van der Waals surface area contributed by atoms with Gasteiger partial charge in [0.05, 0.1) is 12.7 Å². The van der Waals surface area contributed by atoms with Crippen LogP contribution in [0.1, 0.15) is 12.8 Å². The molecule has 1 aromatic rings. The molecule has 3 N–H and O–H groups in total. The molecule has 0 aromatic carbocycles. The molecule has 2 fully saturated rings. The van der Waals surface area contributed by atoms with E-state index in [1.54, 1.807) is 6.07 Å². The molecule has 98 valence electrons. The van der Waals surface area contributed by atoms with Gasteiger partial charge in [-0.3, -0.25) is 4.90 Å². The van der Waals surface area contributed by atoms with Crippen molar-refractivity contribution in [2.24, 2.45) is 0 Å². The SMILES string of the molecule is Nc1cc(NCC2CN3CCCC3CO2)ncn1. The third kappa shape index (κ3) is 2.54. The van der Waals surface area contributed by atoms with E-state index in [-0.39, 0.29) is 6.10 Å². The Hall–Kier alpha value is -1.40. The van der Waals surface area contributed by atoms with E-state index in [1.165, 1.54) is 25.7 Å². The number of rotatable bonds is 3. The van der Waals surface area contributed by atoms with Crippen molar-refractivity contribution < 1.29 is 4.74 Å². The van der Waals surface area contributed by atoms with Gasteiger partial charge >= 0.3 is 0 Å². The van der Waals surface area contributed by atoms with Crippen molar-refractivity contribution in [2.45, 2.75) is 25.0 Å². The molecule has 2 saturated heterocycles. The van der Waals surface area contributed by atoms with Gasteiger partial charge in [-0.1, -0.05) is 0 Å². The Balaban J connectivity index is 1.51. The molecular formula is C12H19N5O. The lowest BCUT2D eigenvalue weighted by Crippen LogP contribution is -2.48. The standard InChI is InChI=1S/C12H19N5O/c13-11-4-12(16-8-15-11)14-5-10-6-17-3-1-2-9(17)7-18-10/h4,8-10H,1-3,5-7H2,(H3,13,14,15,16). The highest BCUT2D eigenvalue weighted by Gasteiger charge is 2.31. The van der Waals surface area contributed by atoms with Gasteiger partial charge in [0.15, 0.2) is 0 Å². The van der Waals surface area contributed by atoms with Crippen LogP contribution in [-0.2, 0) is 4.74 Å². The number of nitrogens with one attached hydrogen (secondary N) is 1. The monoisotopic (exact) mass is 249 g/mol. The Morgan fingerprint density at radius 3 is 3.33 bits per heavy atom. The quantitative estimate of drug-likeness (QED) is 0.804. The minimum Gasteiger partial charge on any atom is -0.384 e. The zero-order valence-electron chi connectivity index (χ0n) is 10.4. The van der Waals surface area contributed by atoms with Crippen molar-refractivity contribution in [3.05, 3.63) is 12.4 Å². The van der Waals surface area contributed by atoms with Gasteiger partial charge in [0.1, 0.15) is 18.0 Å². The van der Waals surface area contributed by atoms with Crippen LogP contribution in [0.25, 0.3) is 0 Å². The maximum absolute atomic E-state index is 5.87. The number of morpholine rings is 1. The van der Waals surface area contributed by atoms with E-state index in [2.05, 4.69) is 20.2 Å². The molecule has 2 aliphatic heterocycles. The molecule has 0 aliphatic carbocycles. The Morgan fingerprint density at radius 1 is 1.50 bits per heavy atom. The first-order valence-electron chi connectivity index (χ1n) is 6.48. The summed E-state index contributed by atoms with van der Waals surface area (Å²) in [6.07, 6.45) is 4.28. The van der Waals surface area contributed by atoms with Gasteiger partial charge in [0.25, 0.3) is 0 Å². The summed E-state index contributed by atoms with van der Waals surface area (Å²) in [5.41, 5.74) is 5.61. The Morgan fingerprint density at radius 2 is 2.44 bits per heavy atom. The zero-order valence-corrected chi connectivity index (χ0v) is 10.4. The van der Waals surface area contributed by atoms with Gasteiger partial charge in [0.2, 0.25) is 0 Å². The third-order valence-electron chi connectivity index (χ3n) is 3.66. The lowest BCUT2D eigenvalue weighted by molar-refractivity contribution is -0.0416. The highest BCUT2D eigenvalue weighted by molar-refractivity contribution is 5.43. The van der Waals surface area contributed by atoms with E-state index in [0.717, 1.165) is 25.5 Å². The lowest BCUT2D eigenvalue weighted by Gasteiger charge is -2.35. The van der Waals surface area contributed by atoms with Crippen LogP contribution in [0.5, 0.6) is 0 Å². The fourth-order valence-electron chi connectivity index (χ4n) is 2.70. The summed E-state index contributed by atoms with van der Waals surface area (Å²) in [6, 6.07) is 2.39. The predicted molar refractivity (Wildman–Crippen MR) is 69.3 cm³/mol. The van der Waals surface area contributed by atoms with E-state index < -0.39 is 0 Å². The van der Waals surface area contributed by atoms with Crippen LogP contribution in [0, 0.1) is 0 Å². The van der Waals surface area contributed by atoms with Crippen LogP contribution in [-0.4, -0.2) is 53.3 Å². The van der Waals surface area contributed by atoms with Gasteiger partial charge in [0, 0.05) is 25.2 Å². The van der Waals surface area contributed by atoms with E-state index in [0.29, 0.717) is 11.9 Å². The van der Waals surface area contributed by atoms with Crippen LogP contribution >= 0.6 is 0 Å². The van der Waals surface area contributed by atoms with Gasteiger partial charge < -0.3 is 15.8 Å². The van der Waals surface area contributed by atoms with E-state index in [4.69, 9.17) is 10.5 Å². The average Bonchev–Trinajstić information content (AvgIpc) is 2.84. The first-order valence-corrected chi connectivity index (χ1v) is 6.48. The normalized spacial score (nSPS) is 28.0. The molecule has 0 saturated carbocycles. The number of hydrogen-bond donors (Lipinski definition) is 2. The topological polar surface area (TPSA) is 76.3 Å². The maximum atomic E-state index is 5.87. The predicted octanol–water partition coefficient (Wildman–Crippen LogP) is 0.334. The number of nitrogens with zero attached hydrogens (tertiary/aromatic N) is 3. The number of nitrogens with two attached hydrogens (primary N) is 1. The fraction of sp³-hybridized carbons (Fsp3) is 0.667. The van der Waals surface area contributed by atoms with Gasteiger partial charge in [-0.05, 0) is 19.4 Å². The largest absolute Gasteiger partial charge is 0.384 e. The Kier molecular flexibility index (Phi) is 3.29. The second-order valence-electron chi connectivity index (χ2n) is 4.96. The van der Waals surface area contributed by atoms with Crippen LogP contribution in [0.3, 0.4) is 0 Å². The molecule has 3 heterocycles. The molecule has 0 spiro atoms. The molecule has 2 atom stereocenters. The first kappa shape index (κ1) is 11.7. The number of nitrogen functional groups attached to an aromatic ring is 1. The third-order valence-corrected chi connectivity index (χ3v) is 3.66. The van der Waals surface area contributed by atoms with Crippen molar-refractivity contribution >= 4 is 11.6 Å². The molecule has 2 unspecified atom stereocenters. The van der Waals surface area contributed by atoms with Crippen molar-refractivity contribution in [2.75, 3.05) is 37.3 Å². The number of ether oxygens (including phenoxy) is 1. The fourth-order valence-corrected chi connectivity index (χ4v) is 2.70. The Labute approximate surface area is 107 Å². The van der Waals surface area contributed by atoms with Crippen LogP contribution in [0.15, 0.2) is 12.4 Å². The Bertz CT molecular complexity index is 413. The van der Waals surface area contributed by atoms with E-state index in [9.17, 15) is 0 Å². The number of anilines is 2. The molecule has 0 bridgehead atoms. The van der Waals surface area contributed by atoms with Gasteiger partial charge in [-0.15, -0.1) is 0 Å². The molecule has 6 nitrogen and oxygen atoms in total. The molecular weight excluding hydrogens is 230 g/mol. The summed E-state index contributed by atoms with van der Waals surface area (Å²) in [5.74, 6) is 1.24. The van der Waals surface area contributed by atoms with Crippen molar-refractivity contribution in [1.82, 2.24) is 14.9 Å². The number of fused-ring (bicyclic) bond motifs is 1. The second kappa shape index (κ2) is 5.07.